The number of nitrogens with two attached hydrogens (primary N) is 1. The first-order valence-electron chi connectivity index (χ1n) is 10.9. The molecule has 3 heterocycles. The lowest BCUT2D eigenvalue weighted by Gasteiger charge is -2.29. The molecule has 5 rings (SSSR count). The van der Waals surface area contributed by atoms with Gasteiger partial charge in [-0.3, -0.25) is 4.79 Å². The summed E-state index contributed by atoms with van der Waals surface area (Å²) in [5.41, 5.74) is 7.37. The molecule has 1 saturated carbocycles. The molecule has 0 spiro atoms. The molecule has 1 saturated heterocycles. The van der Waals surface area contributed by atoms with Crippen LogP contribution in [0.5, 0.6) is 0 Å². The minimum atomic E-state index is -0.0159. The van der Waals surface area contributed by atoms with E-state index in [1.165, 1.54) is 0 Å². The lowest BCUT2D eigenvalue weighted by atomic mass is 10.1. The summed E-state index contributed by atoms with van der Waals surface area (Å²) in [5.74, 6) is 1.77. The van der Waals surface area contributed by atoms with Crippen LogP contribution in [0.2, 0.25) is 0 Å². The topological polar surface area (TPSA) is 106 Å². The Morgan fingerprint density at radius 3 is 2.45 bits per heavy atom. The van der Waals surface area contributed by atoms with Gasteiger partial charge in [-0.05, 0) is 49.2 Å². The van der Waals surface area contributed by atoms with Gasteiger partial charge in [0.25, 0.3) is 0 Å². The first-order chi connectivity index (χ1) is 16.2. The molecule has 0 atom stereocenters. The second-order valence-electron chi connectivity index (χ2n) is 7.76. The van der Waals surface area contributed by atoms with Crippen LogP contribution in [0.3, 0.4) is 0 Å². The van der Waals surface area contributed by atoms with E-state index in [2.05, 4.69) is 57.3 Å². The molecule has 0 bridgehead atoms. The van der Waals surface area contributed by atoms with Crippen molar-refractivity contribution >= 4 is 29.7 Å². The van der Waals surface area contributed by atoms with E-state index in [-0.39, 0.29) is 11.2 Å². The van der Waals surface area contributed by atoms with Gasteiger partial charge in [0, 0.05) is 43.7 Å². The van der Waals surface area contributed by atoms with Crippen LogP contribution in [-0.4, -0.2) is 54.7 Å². The molecule has 1 aliphatic carbocycles. The molecule has 3 aromatic rings. The average Bonchev–Trinajstić information content (AvgIpc) is 3.66. The van der Waals surface area contributed by atoms with Crippen LogP contribution in [-0.2, 0) is 14.3 Å². The van der Waals surface area contributed by atoms with Gasteiger partial charge in [-0.15, -0.1) is 0 Å². The fraction of sp³-hybridized carbons (Fsp3) is 0.333. The molecular weight excluding hydrogens is 436 g/mol. The Hall–Kier alpha value is -3.17. The first kappa shape index (κ1) is 23.0. The quantitative estimate of drug-likeness (QED) is 0.535. The molecule has 172 valence electrons. The number of morpholine rings is 1. The SMILES string of the molecule is CNc1ccc(-c2nc(N3CCOCC3)cc(C3(Sc4ccccn4)CC3)n2)cc1.NC=O. The van der Waals surface area contributed by atoms with Gasteiger partial charge in [0.1, 0.15) is 5.82 Å². The van der Waals surface area contributed by atoms with Crippen molar-refractivity contribution in [2.24, 2.45) is 5.73 Å². The van der Waals surface area contributed by atoms with E-state index in [4.69, 9.17) is 19.5 Å². The standard InChI is InChI=1S/C23H25N5OS.CH3NO/c1-24-18-7-5-17(6-8-18)22-26-19(16-20(27-22)28-12-14-29-15-13-28)23(9-10-23)30-21-4-2-3-11-25-21;2-1-3/h2-8,11,16,24H,9-10,12-15H2,1H3;1H,(H2,2,3). The normalized spacial score (nSPS) is 16.3. The van der Waals surface area contributed by atoms with Gasteiger partial charge in [-0.1, -0.05) is 17.8 Å². The third-order valence-corrected chi connectivity index (χ3v) is 7.05. The number of aromatic nitrogens is 3. The maximum absolute atomic E-state index is 8.58. The molecule has 2 aliphatic rings. The zero-order valence-electron chi connectivity index (χ0n) is 18.6. The summed E-state index contributed by atoms with van der Waals surface area (Å²) >= 11 is 1.82. The molecule has 1 aromatic carbocycles. The number of pyridine rings is 1. The number of carbonyl (C=O) groups excluding carboxylic acids is 1. The molecule has 2 aromatic heterocycles. The maximum Gasteiger partial charge on any atom is 0.204 e. The van der Waals surface area contributed by atoms with Crippen molar-refractivity contribution in [2.75, 3.05) is 43.6 Å². The van der Waals surface area contributed by atoms with Gasteiger partial charge in [0.05, 0.1) is 28.7 Å². The Balaban J connectivity index is 0.000000821. The minimum absolute atomic E-state index is 0.0159. The number of primary amides is 1. The highest BCUT2D eigenvalue weighted by Gasteiger charge is 2.48. The number of rotatable bonds is 6. The van der Waals surface area contributed by atoms with E-state index >= 15 is 0 Å². The number of nitrogens with zero attached hydrogens (tertiary/aromatic N) is 4. The van der Waals surface area contributed by atoms with Gasteiger partial charge < -0.3 is 20.7 Å². The van der Waals surface area contributed by atoms with Crippen LogP contribution in [0.1, 0.15) is 18.5 Å². The Kier molecular flexibility index (Phi) is 7.41. The summed E-state index contributed by atoms with van der Waals surface area (Å²) in [6, 6.07) is 16.5. The highest BCUT2D eigenvalue weighted by atomic mass is 32.2. The average molecular weight is 465 g/mol. The molecule has 9 heteroatoms. The van der Waals surface area contributed by atoms with Gasteiger partial charge in [0.2, 0.25) is 6.41 Å². The van der Waals surface area contributed by atoms with Crippen LogP contribution in [0.15, 0.2) is 59.8 Å². The van der Waals surface area contributed by atoms with Crippen molar-refractivity contribution in [3.05, 3.63) is 60.4 Å². The molecule has 1 amide bonds. The zero-order valence-corrected chi connectivity index (χ0v) is 19.4. The third-order valence-electron chi connectivity index (χ3n) is 5.59. The number of hydrogen-bond donors (Lipinski definition) is 2. The number of carbonyl (C=O) groups is 1. The number of hydrogen-bond acceptors (Lipinski definition) is 8. The largest absolute Gasteiger partial charge is 0.388 e. The van der Waals surface area contributed by atoms with Crippen LogP contribution in [0.25, 0.3) is 11.4 Å². The number of ether oxygens (including phenoxy) is 1. The van der Waals surface area contributed by atoms with Gasteiger partial charge in [-0.25, -0.2) is 15.0 Å². The maximum atomic E-state index is 8.58. The van der Waals surface area contributed by atoms with E-state index in [9.17, 15) is 0 Å². The summed E-state index contributed by atoms with van der Waals surface area (Å²) in [6.45, 7) is 3.18. The zero-order chi connectivity index (χ0) is 23.1. The van der Waals surface area contributed by atoms with Crippen molar-refractivity contribution < 1.29 is 9.53 Å². The van der Waals surface area contributed by atoms with E-state index in [0.29, 0.717) is 0 Å². The van der Waals surface area contributed by atoms with Gasteiger partial charge in [-0.2, -0.15) is 0 Å². The molecule has 1 aliphatic heterocycles. The van der Waals surface area contributed by atoms with Crippen molar-refractivity contribution in [1.29, 1.82) is 0 Å². The summed E-state index contributed by atoms with van der Waals surface area (Å²) in [5, 5.41) is 4.21. The second-order valence-corrected chi connectivity index (χ2v) is 9.17. The van der Waals surface area contributed by atoms with Crippen LogP contribution in [0, 0.1) is 0 Å². The Labute approximate surface area is 198 Å². The summed E-state index contributed by atoms with van der Waals surface area (Å²) in [6.07, 6.45) is 4.31. The molecule has 0 radical (unpaired) electrons. The lowest BCUT2D eigenvalue weighted by molar-refractivity contribution is -0.106. The highest BCUT2D eigenvalue weighted by molar-refractivity contribution is 8.00. The number of nitrogens with one attached hydrogen (secondary N) is 1. The summed E-state index contributed by atoms with van der Waals surface area (Å²) < 4.78 is 5.53. The van der Waals surface area contributed by atoms with Gasteiger partial charge >= 0.3 is 0 Å². The lowest BCUT2D eigenvalue weighted by Crippen LogP contribution is -2.37. The predicted molar refractivity (Wildman–Crippen MR) is 131 cm³/mol. The number of benzene rings is 1. The van der Waals surface area contributed by atoms with Gasteiger partial charge in [0.15, 0.2) is 5.82 Å². The van der Waals surface area contributed by atoms with Crippen molar-refractivity contribution in [3.63, 3.8) is 0 Å². The fourth-order valence-electron chi connectivity index (χ4n) is 3.67. The highest BCUT2D eigenvalue weighted by Crippen LogP contribution is 2.59. The van der Waals surface area contributed by atoms with Crippen molar-refractivity contribution in [2.45, 2.75) is 22.6 Å². The first-order valence-corrected chi connectivity index (χ1v) is 11.7. The summed E-state index contributed by atoms with van der Waals surface area (Å²) in [4.78, 5) is 25.4. The fourth-order valence-corrected chi connectivity index (χ4v) is 4.84. The van der Waals surface area contributed by atoms with Crippen LogP contribution < -0.4 is 16.0 Å². The molecule has 3 N–H and O–H groups in total. The number of thioether (sulfide) groups is 1. The molecular formula is C24H28N6O2S. The molecule has 33 heavy (non-hydrogen) atoms. The summed E-state index contributed by atoms with van der Waals surface area (Å²) in [7, 11) is 1.92. The minimum Gasteiger partial charge on any atom is -0.388 e. The smallest absolute Gasteiger partial charge is 0.204 e. The van der Waals surface area contributed by atoms with E-state index in [0.717, 1.165) is 72.8 Å². The van der Waals surface area contributed by atoms with Crippen molar-refractivity contribution in [1.82, 2.24) is 15.0 Å². The van der Waals surface area contributed by atoms with E-state index in [1.807, 2.05) is 37.1 Å². The number of amides is 1. The molecule has 2 fully saturated rings. The Morgan fingerprint density at radius 1 is 1.12 bits per heavy atom. The van der Waals surface area contributed by atoms with Crippen molar-refractivity contribution in [3.8, 4) is 11.4 Å². The number of anilines is 2. The van der Waals surface area contributed by atoms with E-state index < -0.39 is 0 Å². The third kappa shape index (κ3) is 5.61. The monoisotopic (exact) mass is 464 g/mol. The molecule has 0 unspecified atom stereocenters. The van der Waals surface area contributed by atoms with Crippen LogP contribution in [0.4, 0.5) is 11.5 Å². The van der Waals surface area contributed by atoms with E-state index in [1.54, 1.807) is 0 Å². The Bertz CT molecular complexity index is 1050. The predicted octanol–water partition coefficient (Wildman–Crippen LogP) is 3.30. The molecule has 8 nitrogen and oxygen atoms in total. The Morgan fingerprint density at radius 2 is 1.85 bits per heavy atom. The van der Waals surface area contributed by atoms with Crippen LogP contribution >= 0.6 is 11.8 Å². The second kappa shape index (κ2) is 10.6.